The van der Waals surface area contributed by atoms with E-state index in [1.165, 1.54) is 0 Å². The Morgan fingerprint density at radius 2 is 2.14 bits per heavy atom. The van der Waals surface area contributed by atoms with Crippen LogP contribution < -0.4 is 4.72 Å². The predicted molar refractivity (Wildman–Crippen MR) is 83.7 cm³/mol. The Labute approximate surface area is 127 Å². The molecule has 0 heterocycles. The van der Waals surface area contributed by atoms with E-state index in [0.29, 0.717) is 4.90 Å². The van der Waals surface area contributed by atoms with Crippen LogP contribution in [-0.2, 0) is 10.0 Å². The van der Waals surface area contributed by atoms with Crippen LogP contribution in [0, 0.1) is 5.41 Å². The van der Waals surface area contributed by atoms with Crippen LogP contribution >= 0.6 is 0 Å². The smallest absolute Gasteiger partial charge is 0.240 e. The van der Waals surface area contributed by atoms with Crippen molar-refractivity contribution in [2.24, 2.45) is 5.41 Å². The molecular weight excluding hydrogens is 286 g/mol. The van der Waals surface area contributed by atoms with Gasteiger partial charge in [0.05, 0.1) is 4.90 Å². The maximum absolute atomic E-state index is 12.6. The summed E-state index contributed by atoms with van der Waals surface area (Å²) in [5, 5.41) is 9.55. The van der Waals surface area contributed by atoms with Crippen LogP contribution in [0.1, 0.15) is 51.5 Å². The number of hydrogen-bond donors (Lipinski definition) is 2. The van der Waals surface area contributed by atoms with Crippen LogP contribution in [0.15, 0.2) is 29.2 Å². The van der Waals surface area contributed by atoms with Gasteiger partial charge in [0.25, 0.3) is 0 Å². The predicted octanol–water partition coefficient (Wildman–Crippen LogP) is 2.64. The molecule has 1 aromatic rings. The van der Waals surface area contributed by atoms with E-state index in [0.717, 1.165) is 24.8 Å². The molecule has 0 saturated heterocycles. The Kier molecular flexibility index (Phi) is 4.76. The van der Waals surface area contributed by atoms with Gasteiger partial charge in [0.1, 0.15) is 0 Å². The molecule has 2 atom stereocenters. The van der Waals surface area contributed by atoms with Crippen molar-refractivity contribution < 1.29 is 13.5 Å². The minimum Gasteiger partial charge on any atom is -0.396 e. The number of aliphatic hydroxyl groups is 1. The Bertz CT molecular complexity index is 597. The maximum Gasteiger partial charge on any atom is 0.240 e. The third-order valence-electron chi connectivity index (χ3n) is 4.58. The second-order valence-electron chi connectivity index (χ2n) is 6.61. The molecule has 0 radical (unpaired) electrons. The van der Waals surface area contributed by atoms with Crippen LogP contribution in [0.4, 0.5) is 0 Å². The van der Waals surface area contributed by atoms with Crippen molar-refractivity contribution in [3.63, 3.8) is 0 Å². The summed E-state index contributed by atoms with van der Waals surface area (Å²) >= 11 is 0. The fourth-order valence-electron chi connectivity index (χ4n) is 2.92. The minimum atomic E-state index is -3.54. The molecule has 0 aromatic heterocycles. The van der Waals surface area contributed by atoms with E-state index in [1.807, 2.05) is 26.8 Å². The van der Waals surface area contributed by atoms with Gasteiger partial charge in [-0.05, 0) is 36.5 Å². The molecular formula is C16H25NO3S. The van der Waals surface area contributed by atoms with E-state index >= 15 is 0 Å². The van der Waals surface area contributed by atoms with Gasteiger partial charge < -0.3 is 5.11 Å². The number of nitrogens with one attached hydrogen (secondary N) is 1. The van der Waals surface area contributed by atoms with Gasteiger partial charge in [-0.3, -0.25) is 0 Å². The van der Waals surface area contributed by atoms with Gasteiger partial charge in [-0.2, -0.15) is 0 Å². The molecule has 1 aliphatic rings. The zero-order valence-corrected chi connectivity index (χ0v) is 13.8. The molecule has 0 amide bonds. The van der Waals surface area contributed by atoms with Gasteiger partial charge in [-0.15, -0.1) is 0 Å². The number of benzene rings is 1. The van der Waals surface area contributed by atoms with Crippen LogP contribution in [0.3, 0.4) is 0 Å². The van der Waals surface area contributed by atoms with Crippen molar-refractivity contribution in [2.45, 2.75) is 56.9 Å². The molecule has 1 fully saturated rings. The highest BCUT2D eigenvalue weighted by atomic mass is 32.2. The first-order valence-electron chi connectivity index (χ1n) is 7.52. The monoisotopic (exact) mass is 311 g/mol. The quantitative estimate of drug-likeness (QED) is 0.878. The normalized spacial score (nSPS) is 26.4. The topological polar surface area (TPSA) is 66.4 Å². The first-order valence-corrected chi connectivity index (χ1v) is 9.00. The first-order chi connectivity index (χ1) is 9.78. The Balaban J connectivity index is 2.25. The number of hydrogen-bond acceptors (Lipinski definition) is 3. The molecule has 1 aliphatic carbocycles. The molecule has 5 heteroatoms. The summed E-state index contributed by atoms with van der Waals surface area (Å²) in [6.45, 7) is 6.03. The van der Waals surface area contributed by atoms with Gasteiger partial charge in [0.15, 0.2) is 0 Å². The molecule has 1 aromatic carbocycles. The maximum atomic E-state index is 12.6. The lowest BCUT2D eigenvalue weighted by Gasteiger charge is -2.29. The lowest BCUT2D eigenvalue weighted by Crippen LogP contribution is -2.44. The van der Waals surface area contributed by atoms with E-state index in [4.69, 9.17) is 0 Å². The second kappa shape index (κ2) is 6.07. The summed E-state index contributed by atoms with van der Waals surface area (Å²) in [6, 6.07) is 6.88. The fraction of sp³-hybridized carbons (Fsp3) is 0.625. The largest absolute Gasteiger partial charge is 0.396 e. The zero-order valence-electron chi connectivity index (χ0n) is 13.0. The highest BCUT2D eigenvalue weighted by Crippen LogP contribution is 2.38. The number of rotatable bonds is 5. The molecule has 118 valence electrons. The average molecular weight is 311 g/mol. The van der Waals surface area contributed by atoms with E-state index in [-0.39, 0.29) is 24.0 Å². The zero-order chi connectivity index (χ0) is 15.7. The van der Waals surface area contributed by atoms with Crippen LogP contribution in [-0.4, -0.2) is 26.2 Å². The van der Waals surface area contributed by atoms with Crippen LogP contribution in [0.5, 0.6) is 0 Å². The molecule has 0 unspecified atom stereocenters. The highest BCUT2D eigenvalue weighted by Gasteiger charge is 2.40. The summed E-state index contributed by atoms with van der Waals surface area (Å²) in [6.07, 6.45) is 2.57. The van der Waals surface area contributed by atoms with Gasteiger partial charge in [0, 0.05) is 18.1 Å². The lowest BCUT2D eigenvalue weighted by molar-refractivity contribution is 0.127. The van der Waals surface area contributed by atoms with Gasteiger partial charge in [-0.1, -0.05) is 39.3 Å². The van der Waals surface area contributed by atoms with Crippen molar-refractivity contribution in [3.05, 3.63) is 29.8 Å². The average Bonchev–Trinajstić information content (AvgIpc) is 2.80. The number of sulfonamides is 1. The van der Waals surface area contributed by atoms with Crippen LogP contribution in [0.2, 0.25) is 0 Å². The van der Waals surface area contributed by atoms with E-state index < -0.39 is 10.0 Å². The van der Waals surface area contributed by atoms with Crippen molar-refractivity contribution in [3.8, 4) is 0 Å². The van der Waals surface area contributed by atoms with E-state index in [1.54, 1.807) is 18.2 Å². The third kappa shape index (κ3) is 3.47. The molecule has 0 aliphatic heterocycles. The summed E-state index contributed by atoms with van der Waals surface area (Å²) in [7, 11) is -3.54. The van der Waals surface area contributed by atoms with Crippen LogP contribution in [0.25, 0.3) is 0 Å². The standard InChI is InChI=1S/C16H25NO3S/c1-12(2)13-6-4-7-14(10-13)21(19,20)17-15-8-5-9-16(15,3)11-18/h4,6-7,10,12,15,17-18H,5,8-9,11H2,1-3H3/t15-,16+/m0/s1. The second-order valence-corrected chi connectivity index (χ2v) is 8.32. The minimum absolute atomic E-state index is 0.00617. The number of aliphatic hydroxyl groups excluding tert-OH is 1. The van der Waals surface area contributed by atoms with Crippen molar-refractivity contribution in [2.75, 3.05) is 6.61 Å². The lowest BCUT2D eigenvalue weighted by atomic mass is 9.86. The van der Waals surface area contributed by atoms with Crippen molar-refractivity contribution >= 4 is 10.0 Å². The van der Waals surface area contributed by atoms with E-state index in [2.05, 4.69) is 4.72 Å². The highest BCUT2D eigenvalue weighted by molar-refractivity contribution is 7.89. The third-order valence-corrected chi connectivity index (χ3v) is 6.04. The molecule has 0 spiro atoms. The van der Waals surface area contributed by atoms with Gasteiger partial charge in [0.2, 0.25) is 10.0 Å². The Hall–Kier alpha value is -0.910. The SMILES string of the molecule is CC(C)c1cccc(S(=O)(=O)N[C@H]2CCC[C@]2(C)CO)c1. The van der Waals surface area contributed by atoms with Crippen molar-refractivity contribution in [1.82, 2.24) is 4.72 Å². The summed E-state index contributed by atoms with van der Waals surface area (Å²) in [4.78, 5) is 0.306. The molecule has 1 saturated carbocycles. The first kappa shape index (κ1) is 16.5. The van der Waals surface area contributed by atoms with E-state index in [9.17, 15) is 13.5 Å². The van der Waals surface area contributed by atoms with Gasteiger partial charge >= 0.3 is 0 Å². The Morgan fingerprint density at radius 3 is 2.76 bits per heavy atom. The van der Waals surface area contributed by atoms with Gasteiger partial charge in [-0.25, -0.2) is 13.1 Å². The fourth-order valence-corrected chi connectivity index (χ4v) is 4.38. The molecule has 4 nitrogen and oxygen atoms in total. The Morgan fingerprint density at radius 1 is 1.43 bits per heavy atom. The summed E-state index contributed by atoms with van der Waals surface area (Å²) in [5.41, 5.74) is 0.650. The van der Waals surface area contributed by atoms with Crippen molar-refractivity contribution in [1.29, 1.82) is 0 Å². The molecule has 2 rings (SSSR count). The molecule has 21 heavy (non-hydrogen) atoms. The molecule has 2 N–H and O–H groups in total. The summed E-state index contributed by atoms with van der Waals surface area (Å²) in [5.74, 6) is 0.286. The molecule has 0 bridgehead atoms. The summed E-state index contributed by atoms with van der Waals surface area (Å²) < 4.78 is 27.9.